The van der Waals surface area contributed by atoms with Crippen LogP contribution in [0.4, 0.5) is 0 Å². The maximum absolute atomic E-state index is 6.06. The van der Waals surface area contributed by atoms with Gasteiger partial charge in [-0.2, -0.15) is 0 Å². The van der Waals surface area contributed by atoms with Gasteiger partial charge in [-0.05, 0) is 12.8 Å². The van der Waals surface area contributed by atoms with Crippen molar-refractivity contribution in [3.05, 3.63) is 10.0 Å². The highest BCUT2D eigenvalue weighted by Gasteiger charge is 2.11. The van der Waals surface area contributed by atoms with Crippen LogP contribution in [-0.2, 0) is 6.54 Å². The zero-order chi connectivity index (χ0) is 13.7. The van der Waals surface area contributed by atoms with Crippen LogP contribution < -0.4 is 5.73 Å². The highest BCUT2D eigenvalue weighted by Crippen LogP contribution is 2.19. The van der Waals surface area contributed by atoms with Crippen LogP contribution in [0, 0.1) is 0 Å². The quantitative estimate of drug-likeness (QED) is 0.474. The van der Waals surface area contributed by atoms with E-state index in [2.05, 4.69) is 33.9 Å². The molecule has 1 aromatic heterocycles. The molecule has 1 saturated heterocycles. The molecule has 2 heterocycles. The smallest absolute Gasteiger partial charge is 0.191 e. The molecule has 0 aliphatic carbocycles. The van der Waals surface area contributed by atoms with E-state index in [0.29, 0.717) is 18.4 Å². The Balaban J connectivity index is 0.00000200. The van der Waals surface area contributed by atoms with Gasteiger partial charge >= 0.3 is 0 Å². The Bertz CT molecular complexity index is 424. The first kappa shape index (κ1) is 17.6. The number of likely N-dealkylation sites (tertiary alicyclic amines) is 1. The number of hydrogen-bond donors (Lipinski definition) is 1. The van der Waals surface area contributed by atoms with Crippen molar-refractivity contribution in [2.24, 2.45) is 10.7 Å². The van der Waals surface area contributed by atoms with E-state index in [1.807, 2.05) is 0 Å². The van der Waals surface area contributed by atoms with E-state index in [4.69, 9.17) is 5.73 Å². The van der Waals surface area contributed by atoms with E-state index in [1.54, 1.807) is 11.3 Å². The van der Waals surface area contributed by atoms with Crippen molar-refractivity contribution in [2.75, 3.05) is 13.1 Å². The first-order valence-corrected chi connectivity index (χ1v) is 7.85. The first-order chi connectivity index (χ1) is 9.16. The van der Waals surface area contributed by atoms with Crippen LogP contribution in [-0.4, -0.2) is 34.1 Å². The van der Waals surface area contributed by atoms with Crippen LogP contribution in [0.3, 0.4) is 0 Å². The summed E-state index contributed by atoms with van der Waals surface area (Å²) in [6, 6.07) is 0. The van der Waals surface area contributed by atoms with Crippen molar-refractivity contribution in [3.8, 4) is 0 Å². The predicted octanol–water partition coefficient (Wildman–Crippen LogP) is 2.97. The fraction of sp³-hybridized carbons (Fsp3) is 0.769. The fourth-order valence-electron chi connectivity index (χ4n) is 2.11. The summed E-state index contributed by atoms with van der Waals surface area (Å²) in [5.41, 5.74) is 6.06. The first-order valence-electron chi connectivity index (χ1n) is 7.04. The fourth-order valence-corrected chi connectivity index (χ4v) is 2.88. The second kappa shape index (κ2) is 8.76. The lowest BCUT2D eigenvalue weighted by Crippen LogP contribution is -2.38. The van der Waals surface area contributed by atoms with Crippen LogP contribution in [0.5, 0.6) is 0 Å². The third kappa shape index (κ3) is 5.16. The Kier molecular flexibility index (Phi) is 7.71. The SMILES string of the molecule is CC(C)c1nnc(CN=C(N)N2CCCCCC2)s1.I. The van der Waals surface area contributed by atoms with Crippen molar-refractivity contribution in [1.29, 1.82) is 0 Å². The summed E-state index contributed by atoms with van der Waals surface area (Å²) in [7, 11) is 0. The minimum absolute atomic E-state index is 0. The van der Waals surface area contributed by atoms with Crippen molar-refractivity contribution >= 4 is 41.3 Å². The minimum Gasteiger partial charge on any atom is -0.370 e. The summed E-state index contributed by atoms with van der Waals surface area (Å²) in [4.78, 5) is 6.65. The minimum atomic E-state index is 0. The molecule has 0 saturated carbocycles. The molecule has 2 rings (SSSR count). The van der Waals surface area contributed by atoms with Crippen LogP contribution in [0.1, 0.15) is 55.5 Å². The lowest BCUT2D eigenvalue weighted by atomic mass is 10.2. The number of aliphatic imine (C=N–C) groups is 1. The van der Waals surface area contributed by atoms with Crippen LogP contribution in [0.2, 0.25) is 0 Å². The Morgan fingerprint density at radius 3 is 2.45 bits per heavy atom. The molecular weight excluding hydrogens is 385 g/mol. The molecule has 0 spiro atoms. The lowest BCUT2D eigenvalue weighted by molar-refractivity contribution is 0.428. The second-order valence-corrected chi connectivity index (χ2v) is 6.36. The molecule has 1 aliphatic heterocycles. The van der Waals surface area contributed by atoms with Gasteiger partial charge in [-0.15, -0.1) is 34.2 Å². The molecule has 0 amide bonds. The van der Waals surface area contributed by atoms with Gasteiger partial charge in [0.2, 0.25) is 0 Å². The van der Waals surface area contributed by atoms with Gasteiger partial charge in [0.15, 0.2) is 5.96 Å². The van der Waals surface area contributed by atoms with E-state index in [1.165, 1.54) is 25.7 Å². The average molecular weight is 409 g/mol. The summed E-state index contributed by atoms with van der Waals surface area (Å²) < 4.78 is 0. The van der Waals surface area contributed by atoms with Crippen LogP contribution in [0.15, 0.2) is 4.99 Å². The van der Waals surface area contributed by atoms with Crippen molar-refractivity contribution in [1.82, 2.24) is 15.1 Å². The van der Waals surface area contributed by atoms with Gasteiger partial charge in [0.25, 0.3) is 0 Å². The third-order valence-corrected chi connectivity index (χ3v) is 4.49. The molecule has 2 N–H and O–H groups in total. The predicted molar refractivity (Wildman–Crippen MR) is 94.8 cm³/mol. The molecule has 1 fully saturated rings. The maximum atomic E-state index is 6.06. The van der Waals surface area contributed by atoms with E-state index in [0.717, 1.165) is 23.1 Å². The van der Waals surface area contributed by atoms with E-state index in [-0.39, 0.29) is 24.0 Å². The van der Waals surface area contributed by atoms with Gasteiger partial charge in [-0.25, -0.2) is 4.99 Å². The highest BCUT2D eigenvalue weighted by atomic mass is 127. The summed E-state index contributed by atoms with van der Waals surface area (Å²) in [5, 5.41) is 10.3. The number of hydrogen-bond acceptors (Lipinski definition) is 4. The zero-order valence-electron chi connectivity index (χ0n) is 12.2. The molecule has 0 bridgehead atoms. The molecule has 1 aromatic rings. The van der Waals surface area contributed by atoms with Crippen molar-refractivity contribution in [2.45, 2.75) is 52.0 Å². The standard InChI is InChI=1S/C13H23N5S.HI/c1-10(2)12-17-16-11(19-12)9-15-13(14)18-7-5-3-4-6-8-18;/h10H,3-9H2,1-2H3,(H2,14,15);1H. The molecule has 7 heteroatoms. The molecule has 5 nitrogen and oxygen atoms in total. The van der Waals surface area contributed by atoms with E-state index >= 15 is 0 Å². The average Bonchev–Trinajstić information content (AvgIpc) is 2.70. The zero-order valence-corrected chi connectivity index (χ0v) is 15.4. The summed E-state index contributed by atoms with van der Waals surface area (Å²) in [6.45, 7) is 6.86. The van der Waals surface area contributed by atoms with Gasteiger partial charge in [0, 0.05) is 19.0 Å². The van der Waals surface area contributed by atoms with Crippen LogP contribution in [0.25, 0.3) is 0 Å². The molecule has 0 radical (unpaired) electrons. The number of guanidine groups is 1. The Morgan fingerprint density at radius 2 is 1.90 bits per heavy atom. The molecular formula is C13H24IN5S. The van der Waals surface area contributed by atoms with E-state index in [9.17, 15) is 0 Å². The second-order valence-electron chi connectivity index (χ2n) is 5.26. The Hall–Kier alpha value is -0.440. The molecule has 0 aromatic carbocycles. The summed E-state index contributed by atoms with van der Waals surface area (Å²) in [5.74, 6) is 1.08. The number of nitrogens with two attached hydrogens (primary N) is 1. The topological polar surface area (TPSA) is 67.4 Å². The molecule has 0 atom stereocenters. The van der Waals surface area contributed by atoms with Crippen LogP contribution >= 0.6 is 35.3 Å². The summed E-state index contributed by atoms with van der Waals surface area (Å²) in [6.07, 6.45) is 5.04. The van der Waals surface area contributed by atoms with E-state index < -0.39 is 0 Å². The van der Waals surface area contributed by atoms with Gasteiger partial charge in [0.05, 0.1) is 6.54 Å². The highest BCUT2D eigenvalue weighted by molar-refractivity contribution is 14.0. The maximum Gasteiger partial charge on any atom is 0.191 e. The lowest BCUT2D eigenvalue weighted by Gasteiger charge is -2.20. The largest absolute Gasteiger partial charge is 0.370 e. The summed E-state index contributed by atoms with van der Waals surface area (Å²) >= 11 is 1.63. The number of nitrogens with zero attached hydrogens (tertiary/aromatic N) is 4. The normalized spacial score (nSPS) is 16.9. The van der Waals surface area contributed by atoms with Crippen molar-refractivity contribution in [3.63, 3.8) is 0 Å². The Labute approximate surface area is 142 Å². The number of halogens is 1. The molecule has 0 unspecified atom stereocenters. The van der Waals surface area contributed by atoms with Gasteiger partial charge < -0.3 is 10.6 Å². The number of rotatable bonds is 3. The molecule has 20 heavy (non-hydrogen) atoms. The van der Waals surface area contributed by atoms with Gasteiger partial charge in [0.1, 0.15) is 10.0 Å². The van der Waals surface area contributed by atoms with Gasteiger partial charge in [-0.1, -0.05) is 38.0 Å². The van der Waals surface area contributed by atoms with Crippen molar-refractivity contribution < 1.29 is 0 Å². The third-order valence-electron chi connectivity index (χ3n) is 3.28. The monoisotopic (exact) mass is 409 g/mol. The Morgan fingerprint density at radius 1 is 1.25 bits per heavy atom. The van der Waals surface area contributed by atoms with Gasteiger partial charge in [-0.3, -0.25) is 0 Å². The molecule has 114 valence electrons. The molecule has 1 aliphatic rings. The number of aromatic nitrogens is 2.